The molecule has 4 nitrogen and oxygen atoms in total. The Morgan fingerprint density at radius 3 is 2.36 bits per heavy atom. The minimum atomic E-state index is -0.734. The first-order valence-electron chi connectivity index (χ1n) is 7.72. The number of carbonyl (C=O) groups excluding carboxylic acids is 2. The van der Waals surface area contributed by atoms with Crippen molar-refractivity contribution in [3.05, 3.63) is 48.0 Å². The Balaban J connectivity index is 1.96. The topological polar surface area (TPSA) is 49.4 Å². The Kier molecular flexibility index (Phi) is 3.61. The molecule has 22 heavy (non-hydrogen) atoms. The molecule has 1 heterocycles. The van der Waals surface area contributed by atoms with Gasteiger partial charge in [0.05, 0.1) is 6.54 Å². The second kappa shape index (κ2) is 5.44. The quantitative estimate of drug-likeness (QED) is 0.879. The van der Waals surface area contributed by atoms with Crippen LogP contribution in [-0.2, 0) is 11.3 Å². The Bertz CT molecular complexity index is 729. The first kappa shape index (κ1) is 14.6. The summed E-state index contributed by atoms with van der Waals surface area (Å²) in [7, 11) is 0. The van der Waals surface area contributed by atoms with E-state index in [9.17, 15) is 9.59 Å². The highest BCUT2D eigenvalue weighted by atomic mass is 16.2. The summed E-state index contributed by atoms with van der Waals surface area (Å²) in [6.45, 7) is 4.18. The molecule has 1 fully saturated rings. The fourth-order valence-corrected chi connectivity index (χ4v) is 3.15. The van der Waals surface area contributed by atoms with E-state index in [-0.39, 0.29) is 11.9 Å². The van der Waals surface area contributed by atoms with E-state index >= 15 is 0 Å². The number of carbonyl (C=O) groups is 2. The van der Waals surface area contributed by atoms with E-state index < -0.39 is 5.54 Å². The molecular formula is C18H20N2O2. The van der Waals surface area contributed by atoms with Crippen LogP contribution in [-0.4, -0.2) is 22.4 Å². The van der Waals surface area contributed by atoms with Crippen LogP contribution < -0.4 is 5.32 Å². The van der Waals surface area contributed by atoms with Crippen LogP contribution in [0.1, 0.15) is 32.3 Å². The van der Waals surface area contributed by atoms with E-state index in [2.05, 4.69) is 5.32 Å². The zero-order valence-corrected chi connectivity index (χ0v) is 12.9. The van der Waals surface area contributed by atoms with Gasteiger partial charge in [-0.25, -0.2) is 4.79 Å². The highest BCUT2D eigenvalue weighted by molar-refractivity contribution is 6.07. The molecule has 4 heteroatoms. The van der Waals surface area contributed by atoms with Crippen molar-refractivity contribution in [1.29, 1.82) is 0 Å². The van der Waals surface area contributed by atoms with E-state index in [1.54, 1.807) is 0 Å². The second-order valence-corrected chi connectivity index (χ2v) is 5.75. The van der Waals surface area contributed by atoms with Gasteiger partial charge in [-0.05, 0) is 29.2 Å². The first-order chi connectivity index (χ1) is 10.6. The van der Waals surface area contributed by atoms with Gasteiger partial charge in [0.15, 0.2) is 0 Å². The Morgan fingerprint density at radius 1 is 1.00 bits per heavy atom. The molecule has 1 aliphatic heterocycles. The minimum absolute atomic E-state index is 0.115. The van der Waals surface area contributed by atoms with Crippen LogP contribution in [0.5, 0.6) is 0 Å². The average molecular weight is 296 g/mol. The molecule has 0 atom stereocenters. The van der Waals surface area contributed by atoms with Gasteiger partial charge in [-0.1, -0.05) is 56.3 Å². The number of amides is 3. The van der Waals surface area contributed by atoms with Gasteiger partial charge in [0.25, 0.3) is 5.91 Å². The highest BCUT2D eigenvalue weighted by Gasteiger charge is 2.48. The van der Waals surface area contributed by atoms with Crippen LogP contribution in [0, 0.1) is 0 Å². The Morgan fingerprint density at radius 2 is 1.68 bits per heavy atom. The van der Waals surface area contributed by atoms with E-state index in [0.29, 0.717) is 19.4 Å². The van der Waals surface area contributed by atoms with Crippen molar-refractivity contribution in [2.24, 2.45) is 0 Å². The van der Waals surface area contributed by atoms with Crippen molar-refractivity contribution >= 4 is 22.7 Å². The lowest BCUT2D eigenvalue weighted by atomic mass is 9.93. The summed E-state index contributed by atoms with van der Waals surface area (Å²) in [4.78, 5) is 26.3. The van der Waals surface area contributed by atoms with Gasteiger partial charge in [-0.3, -0.25) is 9.69 Å². The number of nitrogens with one attached hydrogen (secondary N) is 1. The summed E-state index contributed by atoms with van der Waals surface area (Å²) >= 11 is 0. The van der Waals surface area contributed by atoms with E-state index in [0.717, 1.165) is 16.3 Å². The molecule has 3 rings (SSSR count). The molecule has 1 aliphatic rings. The van der Waals surface area contributed by atoms with E-state index in [1.807, 2.05) is 56.3 Å². The average Bonchev–Trinajstić information content (AvgIpc) is 2.80. The number of fused-ring (bicyclic) bond motifs is 1. The molecule has 1 N–H and O–H groups in total. The summed E-state index contributed by atoms with van der Waals surface area (Å²) in [6.07, 6.45) is 1.22. The highest BCUT2D eigenvalue weighted by Crippen LogP contribution is 2.28. The maximum atomic E-state index is 12.7. The monoisotopic (exact) mass is 296 g/mol. The summed E-state index contributed by atoms with van der Waals surface area (Å²) in [5, 5.41) is 5.07. The third kappa shape index (κ3) is 2.15. The smallest absolute Gasteiger partial charge is 0.323 e. The van der Waals surface area contributed by atoms with Crippen molar-refractivity contribution in [2.45, 2.75) is 38.8 Å². The number of urea groups is 1. The first-order valence-corrected chi connectivity index (χ1v) is 7.72. The number of benzene rings is 2. The Hall–Kier alpha value is -2.36. The maximum absolute atomic E-state index is 12.7. The van der Waals surface area contributed by atoms with E-state index in [4.69, 9.17) is 0 Å². The van der Waals surface area contributed by atoms with Gasteiger partial charge >= 0.3 is 6.03 Å². The minimum Gasteiger partial charge on any atom is -0.323 e. The molecule has 1 saturated heterocycles. The fourth-order valence-electron chi connectivity index (χ4n) is 3.15. The third-order valence-corrected chi connectivity index (χ3v) is 4.66. The van der Waals surface area contributed by atoms with Crippen molar-refractivity contribution < 1.29 is 9.59 Å². The molecule has 0 unspecified atom stereocenters. The van der Waals surface area contributed by atoms with Crippen LogP contribution in [0.3, 0.4) is 0 Å². The molecule has 0 aliphatic carbocycles. The molecule has 0 saturated carbocycles. The molecule has 2 aromatic rings. The van der Waals surface area contributed by atoms with Crippen molar-refractivity contribution in [1.82, 2.24) is 10.2 Å². The number of rotatable bonds is 4. The number of nitrogens with zero attached hydrogens (tertiary/aromatic N) is 1. The number of imide groups is 1. The predicted molar refractivity (Wildman–Crippen MR) is 86.3 cm³/mol. The normalized spacial score (nSPS) is 17.1. The molecule has 0 spiro atoms. The molecule has 114 valence electrons. The molecule has 3 amide bonds. The van der Waals surface area contributed by atoms with Crippen LogP contribution in [0.25, 0.3) is 10.8 Å². The predicted octanol–water partition coefficient (Wildman–Crippen LogP) is 3.45. The SMILES string of the molecule is CCC1(CC)NC(=O)N(Cc2cccc3ccccc23)C1=O. The molecule has 0 bridgehead atoms. The van der Waals surface area contributed by atoms with Crippen molar-refractivity contribution in [3.8, 4) is 0 Å². The zero-order chi connectivity index (χ0) is 15.7. The largest absolute Gasteiger partial charge is 0.325 e. The molecular weight excluding hydrogens is 276 g/mol. The summed E-state index contributed by atoms with van der Waals surface area (Å²) in [6, 6.07) is 13.7. The lowest BCUT2D eigenvalue weighted by Crippen LogP contribution is -2.45. The van der Waals surface area contributed by atoms with Crippen molar-refractivity contribution in [3.63, 3.8) is 0 Å². The van der Waals surface area contributed by atoms with Crippen LogP contribution in [0.2, 0.25) is 0 Å². The summed E-state index contributed by atoms with van der Waals surface area (Å²) in [5.74, 6) is -0.115. The van der Waals surface area contributed by atoms with Crippen LogP contribution in [0.4, 0.5) is 4.79 Å². The molecule has 0 aromatic heterocycles. The number of hydrogen-bond donors (Lipinski definition) is 1. The van der Waals surface area contributed by atoms with Crippen LogP contribution >= 0.6 is 0 Å². The fraction of sp³-hybridized carbons (Fsp3) is 0.333. The standard InChI is InChI=1S/C18H20N2O2/c1-3-18(4-2)16(21)20(17(22)19-18)12-14-10-7-9-13-8-5-6-11-15(13)14/h5-11H,3-4,12H2,1-2H3,(H,19,22). The van der Waals surface area contributed by atoms with Crippen LogP contribution in [0.15, 0.2) is 42.5 Å². The van der Waals surface area contributed by atoms with Gasteiger partial charge in [0.2, 0.25) is 0 Å². The van der Waals surface area contributed by atoms with Gasteiger partial charge < -0.3 is 5.32 Å². The Labute approximate surface area is 130 Å². The second-order valence-electron chi connectivity index (χ2n) is 5.75. The molecule has 2 aromatic carbocycles. The lowest BCUT2D eigenvalue weighted by molar-refractivity contribution is -0.131. The van der Waals surface area contributed by atoms with E-state index in [1.165, 1.54) is 4.90 Å². The zero-order valence-electron chi connectivity index (χ0n) is 12.9. The lowest BCUT2D eigenvalue weighted by Gasteiger charge is -2.23. The number of hydrogen-bond acceptors (Lipinski definition) is 2. The van der Waals surface area contributed by atoms with Crippen molar-refractivity contribution in [2.75, 3.05) is 0 Å². The summed E-state index contributed by atoms with van der Waals surface area (Å²) < 4.78 is 0. The summed E-state index contributed by atoms with van der Waals surface area (Å²) in [5.41, 5.74) is 0.256. The third-order valence-electron chi connectivity index (χ3n) is 4.66. The van der Waals surface area contributed by atoms with Gasteiger partial charge in [-0.2, -0.15) is 0 Å². The van der Waals surface area contributed by atoms with Gasteiger partial charge in [0, 0.05) is 0 Å². The van der Waals surface area contributed by atoms with Gasteiger partial charge in [0.1, 0.15) is 5.54 Å². The molecule has 0 radical (unpaired) electrons. The maximum Gasteiger partial charge on any atom is 0.325 e. The van der Waals surface area contributed by atoms with Gasteiger partial charge in [-0.15, -0.1) is 0 Å².